The van der Waals surface area contributed by atoms with Crippen LogP contribution in [-0.4, -0.2) is 38.0 Å². The van der Waals surface area contributed by atoms with E-state index in [0.717, 1.165) is 57.0 Å². The highest BCUT2D eigenvalue weighted by Crippen LogP contribution is 2.41. The number of hydrogen-bond donors (Lipinski definition) is 1. The van der Waals surface area contributed by atoms with Gasteiger partial charge >= 0.3 is 0 Å². The Labute approximate surface area is 131 Å². The molecule has 0 radical (unpaired) electrons. The monoisotopic (exact) mass is 297 g/mol. The molecule has 2 rings (SSSR count). The molecule has 1 saturated heterocycles. The van der Waals surface area contributed by atoms with Crippen molar-refractivity contribution >= 4 is 0 Å². The third-order valence-electron chi connectivity index (χ3n) is 5.45. The van der Waals surface area contributed by atoms with Crippen molar-refractivity contribution in [1.29, 1.82) is 0 Å². The first-order valence-corrected chi connectivity index (χ1v) is 9.06. The van der Waals surface area contributed by atoms with Crippen molar-refractivity contribution in [2.45, 2.75) is 71.4 Å². The van der Waals surface area contributed by atoms with E-state index >= 15 is 0 Å². The fourth-order valence-corrected chi connectivity index (χ4v) is 4.83. The van der Waals surface area contributed by atoms with Crippen LogP contribution in [0.5, 0.6) is 0 Å². The molecule has 1 N–H and O–H groups in total. The molecule has 0 aromatic carbocycles. The highest BCUT2D eigenvalue weighted by Gasteiger charge is 2.45. The maximum atomic E-state index is 6.37. The zero-order valence-corrected chi connectivity index (χ0v) is 14.5. The van der Waals surface area contributed by atoms with E-state index < -0.39 is 0 Å². The predicted octanol–water partition coefficient (Wildman–Crippen LogP) is 3.62. The maximum absolute atomic E-state index is 6.37. The van der Waals surface area contributed by atoms with Gasteiger partial charge in [0.1, 0.15) is 0 Å². The van der Waals surface area contributed by atoms with Gasteiger partial charge in [0.25, 0.3) is 0 Å². The van der Waals surface area contributed by atoms with Crippen LogP contribution in [-0.2, 0) is 9.47 Å². The van der Waals surface area contributed by atoms with Gasteiger partial charge in [-0.25, -0.2) is 0 Å². The van der Waals surface area contributed by atoms with Gasteiger partial charge in [0.2, 0.25) is 0 Å². The summed E-state index contributed by atoms with van der Waals surface area (Å²) in [5.41, 5.74) is -0.00947. The van der Waals surface area contributed by atoms with Gasteiger partial charge in [-0.15, -0.1) is 0 Å². The highest BCUT2D eigenvalue weighted by molar-refractivity contribution is 5.00. The summed E-state index contributed by atoms with van der Waals surface area (Å²) in [7, 11) is 0. The second-order valence-corrected chi connectivity index (χ2v) is 7.32. The smallest absolute Gasteiger partial charge is 0.0881 e. The molecule has 124 valence electrons. The van der Waals surface area contributed by atoms with E-state index in [0.29, 0.717) is 6.04 Å². The van der Waals surface area contributed by atoms with E-state index in [1.165, 1.54) is 19.3 Å². The zero-order valence-electron chi connectivity index (χ0n) is 14.5. The topological polar surface area (TPSA) is 30.5 Å². The lowest BCUT2D eigenvalue weighted by Crippen LogP contribution is -2.59. The average Bonchev–Trinajstić information content (AvgIpc) is 2.45. The molecule has 1 heterocycles. The minimum absolute atomic E-state index is 0.00947. The first-order chi connectivity index (χ1) is 10.1. The third-order valence-corrected chi connectivity index (χ3v) is 5.45. The lowest BCUT2D eigenvalue weighted by atomic mass is 9.68. The summed E-state index contributed by atoms with van der Waals surface area (Å²) >= 11 is 0. The normalized spacial score (nSPS) is 34.6. The Bertz CT molecular complexity index is 286. The molecular weight excluding hydrogens is 262 g/mol. The second kappa shape index (κ2) is 7.94. The molecule has 0 aromatic heterocycles. The van der Waals surface area contributed by atoms with E-state index in [9.17, 15) is 0 Å². The molecule has 2 fully saturated rings. The SMILES string of the molecule is CCNC(C1CC(C)CC(C)C1)C1(OCC)CCOCC1. The molecule has 1 aliphatic heterocycles. The van der Waals surface area contributed by atoms with Crippen LogP contribution in [0.1, 0.15) is 59.8 Å². The summed E-state index contributed by atoms with van der Waals surface area (Å²) in [6.45, 7) is 12.7. The lowest BCUT2D eigenvalue weighted by Gasteiger charge is -2.49. The molecule has 3 nitrogen and oxygen atoms in total. The molecule has 0 bridgehead atoms. The van der Waals surface area contributed by atoms with Crippen molar-refractivity contribution in [3.05, 3.63) is 0 Å². The molecule has 0 amide bonds. The quantitative estimate of drug-likeness (QED) is 0.812. The maximum Gasteiger partial charge on any atom is 0.0881 e. The first kappa shape index (κ1) is 17.2. The van der Waals surface area contributed by atoms with Gasteiger partial charge in [-0.1, -0.05) is 20.8 Å². The van der Waals surface area contributed by atoms with Gasteiger partial charge < -0.3 is 14.8 Å². The van der Waals surface area contributed by atoms with Crippen molar-refractivity contribution in [2.75, 3.05) is 26.4 Å². The van der Waals surface area contributed by atoms with E-state index in [1.807, 2.05) is 0 Å². The van der Waals surface area contributed by atoms with Crippen molar-refractivity contribution in [2.24, 2.45) is 17.8 Å². The largest absolute Gasteiger partial charge is 0.381 e. The van der Waals surface area contributed by atoms with E-state index in [1.54, 1.807) is 0 Å². The standard InChI is InChI=1S/C18H35NO2/c1-5-19-17(16-12-14(3)11-15(4)13-16)18(21-6-2)7-9-20-10-8-18/h14-17,19H,5-13H2,1-4H3. The van der Waals surface area contributed by atoms with Crippen molar-refractivity contribution in [3.8, 4) is 0 Å². The highest BCUT2D eigenvalue weighted by atomic mass is 16.5. The molecule has 1 aliphatic carbocycles. The van der Waals surface area contributed by atoms with Crippen LogP contribution in [0.25, 0.3) is 0 Å². The summed E-state index contributed by atoms with van der Waals surface area (Å²) in [5, 5.41) is 3.81. The van der Waals surface area contributed by atoms with Crippen LogP contribution >= 0.6 is 0 Å². The Morgan fingerprint density at radius 2 is 1.71 bits per heavy atom. The van der Waals surface area contributed by atoms with Gasteiger partial charge in [-0.3, -0.25) is 0 Å². The molecule has 0 spiro atoms. The van der Waals surface area contributed by atoms with E-state index in [-0.39, 0.29) is 5.60 Å². The second-order valence-electron chi connectivity index (χ2n) is 7.32. The number of likely N-dealkylation sites (N-methyl/N-ethyl adjacent to an activating group) is 1. The Morgan fingerprint density at radius 3 is 2.24 bits per heavy atom. The third kappa shape index (κ3) is 4.20. The summed E-state index contributed by atoms with van der Waals surface area (Å²) < 4.78 is 12.0. The van der Waals surface area contributed by atoms with Gasteiger partial charge in [0.15, 0.2) is 0 Å². The molecular formula is C18H35NO2. The van der Waals surface area contributed by atoms with E-state index in [2.05, 4.69) is 33.0 Å². The molecule has 3 heteroatoms. The van der Waals surface area contributed by atoms with Crippen molar-refractivity contribution < 1.29 is 9.47 Å². The number of hydrogen-bond acceptors (Lipinski definition) is 3. The van der Waals surface area contributed by atoms with E-state index in [4.69, 9.17) is 9.47 Å². The Morgan fingerprint density at radius 1 is 1.10 bits per heavy atom. The van der Waals surface area contributed by atoms with Gasteiger partial charge in [-0.05, 0) is 50.5 Å². The Kier molecular flexibility index (Phi) is 6.51. The van der Waals surface area contributed by atoms with Crippen LogP contribution in [0, 0.1) is 17.8 Å². The van der Waals surface area contributed by atoms with Gasteiger partial charge in [-0.2, -0.15) is 0 Å². The van der Waals surface area contributed by atoms with Gasteiger partial charge in [0.05, 0.1) is 5.60 Å². The van der Waals surface area contributed by atoms with Crippen LogP contribution in [0.4, 0.5) is 0 Å². The summed E-state index contributed by atoms with van der Waals surface area (Å²) in [4.78, 5) is 0. The molecule has 1 saturated carbocycles. The zero-order chi connectivity index (χ0) is 15.3. The molecule has 3 unspecified atom stereocenters. The van der Waals surface area contributed by atoms with Crippen LogP contribution in [0.3, 0.4) is 0 Å². The molecule has 0 aromatic rings. The summed E-state index contributed by atoms with van der Waals surface area (Å²) in [6, 6.07) is 0.483. The van der Waals surface area contributed by atoms with Crippen LogP contribution in [0.15, 0.2) is 0 Å². The minimum atomic E-state index is -0.00947. The Balaban J connectivity index is 2.17. The predicted molar refractivity (Wildman–Crippen MR) is 87.5 cm³/mol. The lowest BCUT2D eigenvalue weighted by molar-refractivity contribution is -0.140. The fraction of sp³-hybridized carbons (Fsp3) is 1.00. The fourth-order valence-electron chi connectivity index (χ4n) is 4.83. The van der Waals surface area contributed by atoms with Crippen LogP contribution < -0.4 is 5.32 Å². The molecule has 3 atom stereocenters. The number of ether oxygens (including phenoxy) is 2. The Hall–Kier alpha value is -0.120. The molecule has 21 heavy (non-hydrogen) atoms. The summed E-state index contributed by atoms with van der Waals surface area (Å²) in [6.07, 6.45) is 6.16. The average molecular weight is 297 g/mol. The number of rotatable bonds is 6. The van der Waals surface area contributed by atoms with Crippen LogP contribution in [0.2, 0.25) is 0 Å². The molecule has 2 aliphatic rings. The van der Waals surface area contributed by atoms with Gasteiger partial charge in [0, 0.05) is 38.7 Å². The first-order valence-electron chi connectivity index (χ1n) is 9.06. The minimum Gasteiger partial charge on any atom is -0.381 e. The van der Waals surface area contributed by atoms with Crippen molar-refractivity contribution in [1.82, 2.24) is 5.32 Å². The number of nitrogens with one attached hydrogen (secondary N) is 1. The summed E-state index contributed by atoms with van der Waals surface area (Å²) in [5.74, 6) is 2.44. The van der Waals surface area contributed by atoms with Crippen molar-refractivity contribution in [3.63, 3.8) is 0 Å².